The van der Waals surface area contributed by atoms with Crippen molar-refractivity contribution in [3.8, 4) is 0 Å². The zero-order valence-corrected chi connectivity index (χ0v) is 11.5. The maximum atomic E-state index is 11.0. The SMILES string of the molecule is Cc1cc(/N=N/c2cccc(S(=O)(=O)O)c2)ccc1N. The van der Waals surface area contributed by atoms with Crippen LogP contribution in [0.1, 0.15) is 5.56 Å². The maximum absolute atomic E-state index is 11.0. The lowest BCUT2D eigenvalue weighted by atomic mass is 10.2. The van der Waals surface area contributed by atoms with Gasteiger partial charge in [0.15, 0.2) is 0 Å². The summed E-state index contributed by atoms with van der Waals surface area (Å²) in [6, 6.07) is 10.8. The van der Waals surface area contributed by atoms with Crippen LogP contribution in [0.25, 0.3) is 0 Å². The van der Waals surface area contributed by atoms with Crippen molar-refractivity contribution in [1.29, 1.82) is 0 Å². The number of rotatable bonds is 3. The lowest BCUT2D eigenvalue weighted by Crippen LogP contribution is -1.96. The van der Waals surface area contributed by atoms with Gasteiger partial charge in [0.25, 0.3) is 10.1 Å². The Morgan fingerprint density at radius 3 is 2.30 bits per heavy atom. The van der Waals surface area contributed by atoms with E-state index in [2.05, 4.69) is 10.2 Å². The van der Waals surface area contributed by atoms with Crippen LogP contribution in [-0.4, -0.2) is 13.0 Å². The predicted molar refractivity (Wildman–Crippen MR) is 76.0 cm³/mol. The van der Waals surface area contributed by atoms with E-state index in [-0.39, 0.29) is 4.90 Å². The molecule has 2 aromatic rings. The van der Waals surface area contributed by atoms with Gasteiger partial charge in [0, 0.05) is 5.69 Å². The molecule has 0 heterocycles. The van der Waals surface area contributed by atoms with Crippen LogP contribution in [0.4, 0.5) is 17.1 Å². The van der Waals surface area contributed by atoms with E-state index in [4.69, 9.17) is 10.3 Å². The van der Waals surface area contributed by atoms with Crippen molar-refractivity contribution in [3.63, 3.8) is 0 Å². The average Bonchev–Trinajstić information content (AvgIpc) is 2.39. The van der Waals surface area contributed by atoms with Crippen LogP contribution in [0, 0.1) is 6.92 Å². The summed E-state index contributed by atoms with van der Waals surface area (Å²) in [5.41, 5.74) is 8.18. The van der Waals surface area contributed by atoms with Gasteiger partial charge in [-0.3, -0.25) is 4.55 Å². The third kappa shape index (κ3) is 3.40. The minimum Gasteiger partial charge on any atom is -0.399 e. The van der Waals surface area contributed by atoms with Gasteiger partial charge in [-0.05, 0) is 48.9 Å². The number of hydrogen-bond acceptors (Lipinski definition) is 5. The molecule has 7 heteroatoms. The number of nitrogens with two attached hydrogens (primary N) is 1. The zero-order chi connectivity index (χ0) is 14.8. The largest absolute Gasteiger partial charge is 0.399 e. The Kier molecular flexibility index (Phi) is 3.82. The fourth-order valence-electron chi connectivity index (χ4n) is 1.54. The summed E-state index contributed by atoms with van der Waals surface area (Å²) in [5, 5.41) is 7.92. The molecule has 3 N–H and O–H groups in total. The van der Waals surface area contributed by atoms with Gasteiger partial charge in [-0.15, -0.1) is 0 Å². The van der Waals surface area contributed by atoms with Crippen LogP contribution >= 0.6 is 0 Å². The standard InChI is InChI=1S/C13H13N3O3S/c1-9-7-11(5-6-13(9)14)16-15-10-3-2-4-12(8-10)20(17,18)19/h2-8H,14H2,1H3,(H,17,18,19)/b16-15+. The molecule has 0 aliphatic heterocycles. The second-order valence-corrected chi connectivity index (χ2v) is 5.63. The second kappa shape index (κ2) is 5.40. The topological polar surface area (TPSA) is 105 Å². The third-order valence-corrected chi connectivity index (χ3v) is 3.50. The smallest absolute Gasteiger partial charge is 0.294 e. The number of benzene rings is 2. The lowest BCUT2D eigenvalue weighted by molar-refractivity contribution is 0.483. The van der Waals surface area contributed by atoms with Gasteiger partial charge in [-0.1, -0.05) is 6.07 Å². The van der Waals surface area contributed by atoms with E-state index in [1.165, 1.54) is 18.2 Å². The van der Waals surface area contributed by atoms with Crippen molar-refractivity contribution in [1.82, 2.24) is 0 Å². The van der Waals surface area contributed by atoms with Crippen molar-refractivity contribution in [2.45, 2.75) is 11.8 Å². The Bertz CT molecular complexity index is 770. The Labute approximate surface area is 116 Å². The van der Waals surface area contributed by atoms with Gasteiger partial charge >= 0.3 is 0 Å². The third-order valence-electron chi connectivity index (χ3n) is 2.65. The molecule has 0 fully saturated rings. The molecule has 0 radical (unpaired) electrons. The number of nitrogens with zero attached hydrogens (tertiary/aromatic N) is 2. The van der Waals surface area contributed by atoms with Crippen LogP contribution in [0.5, 0.6) is 0 Å². The molecular formula is C13H13N3O3S. The van der Waals surface area contributed by atoms with E-state index in [1.54, 1.807) is 24.3 Å². The van der Waals surface area contributed by atoms with Gasteiger partial charge in [-0.2, -0.15) is 18.6 Å². The van der Waals surface area contributed by atoms with Crippen molar-refractivity contribution in [2.24, 2.45) is 10.2 Å². The van der Waals surface area contributed by atoms with E-state index < -0.39 is 10.1 Å². The molecule has 0 bridgehead atoms. The van der Waals surface area contributed by atoms with E-state index in [1.807, 2.05) is 6.92 Å². The molecule has 0 aromatic heterocycles. The highest BCUT2D eigenvalue weighted by Crippen LogP contribution is 2.23. The van der Waals surface area contributed by atoms with E-state index in [0.717, 1.165) is 5.56 Å². The second-order valence-electron chi connectivity index (χ2n) is 4.21. The van der Waals surface area contributed by atoms with Gasteiger partial charge in [-0.25, -0.2) is 0 Å². The molecule has 0 saturated carbocycles. The highest BCUT2D eigenvalue weighted by molar-refractivity contribution is 7.85. The van der Waals surface area contributed by atoms with Crippen LogP contribution in [0.3, 0.4) is 0 Å². The van der Waals surface area contributed by atoms with Crippen LogP contribution in [0.15, 0.2) is 57.6 Å². The molecule has 2 rings (SSSR count). The fraction of sp³-hybridized carbons (Fsp3) is 0.0769. The molecule has 20 heavy (non-hydrogen) atoms. The highest BCUT2D eigenvalue weighted by Gasteiger charge is 2.09. The zero-order valence-electron chi connectivity index (χ0n) is 10.7. The van der Waals surface area contributed by atoms with Crippen molar-refractivity contribution in [3.05, 3.63) is 48.0 Å². The molecule has 104 valence electrons. The Balaban J connectivity index is 2.30. The molecular weight excluding hydrogens is 278 g/mol. The number of anilines is 1. The van der Waals surface area contributed by atoms with Crippen molar-refractivity contribution < 1.29 is 13.0 Å². The van der Waals surface area contributed by atoms with Gasteiger partial charge in [0.2, 0.25) is 0 Å². The number of aryl methyl sites for hydroxylation is 1. The maximum Gasteiger partial charge on any atom is 0.294 e. The number of nitrogen functional groups attached to an aromatic ring is 1. The van der Waals surface area contributed by atoms with E-state index >= 15 is 0 Å². The first kappa shape index (κ1) is 14.2. The molecule has 0 spiro atoms. The van der Waals surface area contributed by atoms with E-state index in [9.17, 15) is 8.42 Å². The fourth-order valence-corrected chi connectivity index (χ4v) is 2.06. The van der Waals surface area contributed by atoms with Gasteiger partial charge < -0.3 is 5.73 Å². The summed E-state index contributed by atoms with van der Waals surface area (Å²) in [5.74, 6) is 0. The summed E-state index contributed by atoms with van der Waals surface area (Å²) >= 11 is 0. The molecule has 0 unspecified atom stereocenters. The number of azo groups is 1. The minimum absolute atomic E-state index is 0.220. The molecule has 0 aliphatic carbocycles. The highest BCUT2D eigenvalue weighted by atomic mass is 32.2. The lowest BCUT2D eigenvalue weighted by Gasteiger charge is -2.00. The monoisotopic (exact) mass is 291 g/mol. The molecule has 6 nitrogen and oxygen atoms in total. The summed E-state index contributed by atoms with van der Waals surface area (Å²) in [6.07, 6.45) is 0. The van der Waals surface area contributed by atoms with Gasteiger partial charge in [0.1, 0.15) is 0 Å². The Morgan fingerprint density at radius 1 is 1.05 bits per heavy atom. The summed E-state index contributed by atoms with van der Waals surface area (Å²) in [4.78, 5) is -0.220. The molecule has 0 saturated heterocycles. The van der Waals surface area contributed by atoms with Crippen molar-refractivity contribution >= 4 is 27.2 Å². The summed E-state index contributed by atoms with van der Waals surface area (Å²) in [6.45, 7) is 1.85. The van der Waals surface area contributed by atoms with Crippen LogP contribution < -0.4 is 5.73 Å². The first-order chi connectivity index (χ1) is 9.36. The van der Waals surface area contributed by atoms with Gasteiger partial charge in [0.05, 0.1) is 16.3 Å². The molecule has 0 amide bonds. The Hall–Kier alpha value is -2.25. The summed E-state index contributed by atoms with van der Waals surface area (Å²) < 4.78 is 31.0. The first-order valence-electron chi connectivity index (χ1n) is 5.72. The first-order valence-corrected chi connectivity index (χ1v) is 7.16. The molecule has 0 atom stereocenters. The predicted octanol–water partition coefficient (Wildman–Crippen LogP) is 3.24. The van der Waals surface area contributed by atoms with Crippen LogP contribution in [0.2, 0.25) is 0 Å². The minimum atomic E-state index is -4.24. The molecule has 0 aliphatic rings. The molecule has 2 aromatic carbocycles. The number of hydrogen-bond donors (Lipinski definition) is 2. The average molecular weight is 291 g/mol. The summed E-state index contributed by atoms with van der Waals surface area (Å²) in [7, 11) is -4.24. The Morgan fingerprint density at radius 2 is 1.70 bits per heavy atom. The normalized spacial score (nSPS) is 11.9. The quantitative estimate of drug-likeness (QED) is 0.514. The van der Waals surface area contributed by atoms with E-state index in [0.29, 0.717) is 17.1 Å². The van der Waals surface area contributed by atoms with Crippen LogP contribution in [-0.2, 0) is 10.1 Å². The van der Waals surface area contributed by atoms with Crippen molar-refractivity contribution in [2.75, 3.05) is 5.73 Å².